The van der Waals surface area contributed by atoms with Crippen LogP contribution in [0.25, 0.3) is 0 Å². The molecule has 1 aromatic rings. The molecule has 1 fully saturated rings. The summed E-state index contributed by atoms with van der Waals surface area (Å²) in [7, 11) is -3.49. The number of nitrogens with zero attached hydrogens (tertiary/aromatic N) is 3. The predicted molar refractivity (Wildman–Crippen MR) is 73.1 cm³/mol. The van der Waals surface area contributed by atoms with Crippen molar-refractivity contribution in [3.05, 3.63) is 11.7 Å². The van der Waals surface area contributed by atoms with Gasteiger partial charge in [-0.15, -0.1) is 0 Å². The topological polar surface area (TPSA) is 114 Å². The molecule has 2 rings (SSSR count). The van der Waals surface area contributed by atoms with Gasteiger partial charge >= 0.3 is 0 Å². The molecule has 8 nitrogen and oxygen atoms in total. The minimum atomic E-state index is -3.49. The molecule has 1 atom stereocenters. The van der Waals surface area contributed by atoms with Gasteiger partial charge in [0, 0.05) is 39.0 Å². The van der Waals surface area contributed by atoms with Gasteiger partial charge in [-0.1, -0.05) is 11.6 Å². The Hall–Kier alpha value is -1.03. The molecule has 20 heavy (non-hydrogen) atoms. The van der Waals surface area contributed by atoms with E-state index in [1.807, 2.05) is 0 Å². The summed E-state index contributed by atoms with van der Waals surface area (Å²) < 4.78 is 33.4. The third-order valence-corrected chi connectivity index (χ3v) is 5.02. The second-order valence-corrected chi connectivity index (χ2v) is 6.58. The molecule has 0 aliphatic carbocycles. The van der Waals surface area contributed by atoms with Crippen molar-refractivity contribution in [1.29, 1.82) is 0 Å². The van der Waals surface area contributed by atoms with Gasteiger partial charge in [0.1, 0.15) is 0 Å². The van der Waals surface area contributed by atoms with Crippen molar-refractivity contribution >= 4 is 10.2 Å². The van der Waals surface area contributed by atoms with Crippen LogP contribution in [0.3, 0.4) is 0 Å². The average Bonchev–Trinajstić information content (AvgIpc) is 2.84. The Morgan fingerprint density at radius 2 is 2.30 bits per heavy atom. The fraction of sp³-hybridized carbons (Fsp3) is 0.818. The summed E-state index contributed by atoms with van der Waals surface area (Å²) >= 11 is 0. The lowest BCUT2D eigenvalue weighted by atomic mass is 10.1. The number of aryl methyl sites for hydroxylation is 1. The lowest BCUT2D eigenvalue weighted by molar-refractivity contribution is 0.254. The van der Waals surface area contributed by atoms with E-state index in [0.29, 0.717) is 31.2 Å². The lowest BCUT2D eigenvalue weighted by Gasteiger charge is -2.33. The molecular weight excluding hydrogens is 282 g/mol. The van der Waals surface area contributed by atoms with Crippen LogP contribution in [0.5, 0.6) is 0 Å². The fourth-order valence-electron chi connectivity index (χ4n) is 2.34. The van der Waals surface area contributed by atoms with E-state index in [1.165, 1.54) is 4.31 Å². The number of nitrogens with one attached hydrogen (secondary N) is 1. The minimum absolute atomic E-state index is 0.103. The Bertz CT molecular complexity index is 530. The van der Waals surface area contributed by atoms with Crippen LogP contribution in [0, 0.1) is 6.92 Å². The summed E-state index contributed by atoms with van der Waals surface area (Å²) in [5.41, 5.74) is 5.65. The van der Waals surface area contributed by atoms with Gasteiger partial charge < -0.3 is 10.3 Å². The summed E-state index contributed by atoms with van der Waals surface area (Å²) in [5.74, 6) is 0.973. The molecule has 3 N–H and O–H groups in total. The molecule has 0 bridgehead atoms. The van der Waals surface area contributed by atoms with Gasteiger partial charge in [-0.05, 0) is 12.8 Å². The van der Waals surface area contributed by atoms with E-state index in [1.54, 1.807) is 6.92 Å². The van der Waals surface area contributed by atoms with Crippen LogP contribution in [0.4, 0.5) is 0 Å². The molecular formula is C11H21N5O3S. The number of nitrogens with two attached hydrogens (primary N) is 1. The molecule has 9 heteroatoms. The molecule has 0 amide bonds. The first kappa shape index (κ1) is 15.4. The molecule has 2 heterocycles. The molecule has 1 aromatic heterocycles. The Labute approximate surface area is 118 Å². The number of rotatable bonds is 6. The minimum Gasteiger partial charge on any atom is -0.340 e. The molecule has 1 aliphatic rings. The van der Waals surface area contributed by atoms with Crippen LogP contribution >= 0.6 is 0 Å². The molecule has 114 valence electrons. The van der Waals surface area contributed by atoms with E-state index in [9.17, 15) is 8.42 Å². The SMILES string of the molecule is Cc1nc(CCNS(=O)(=O)N2CCCCC2CN)no1. The first-order chi connectivity index (χ1) is 9.53. The highest BCUT2D eigenvalue weighted by Gasteiger charge is 2.30. The molecule has 1 aliphatic heterocycles. The molecule has 1 unspecified atom stereocenters. The van der Waals surface area contributed by atoms with Crippen molar-refractivity contribution in [3.63, 3.8) is 0 Å². The maximum absolute atomic E-state index is 12.2. The Kier molecular flexibility index (Phi) is 5.08. The molecule has 0 radical (unpaired) electrons. The smallest absolute Gasteiger partial charge is 0.279 e. The number of hydrogen-bond donors (Lipinski definition) is 2. The maximum atomic E-state index is 12.2. The van der Waals surface area contributed by atoms with Gasteiger partial charge in [-0.3, -0.25) is 0 Å². The first-order valence-electron chi connectivity index (χ1n) is 6.78. The second kappa shape index (κ2) is 6.61. The van der Waals surface area contributed by atoms with Gasteiger partial charge in [0.05, 0.1) is 0 Å². The zero-order chi connectivity index (χ0) is 14.6. The van der Waals surface area contributed by atoms with E-state index in [0.717, 1.165) is 19.3 Å². The summed E-state index contributed by atoms with van der Waals surface area (Å²) in [4.78, 5) is 4.03. The summed E-state index contributed by atoms with van der Waals surface area (Å²) in [6, 6.07) is -0.103. The van der Waals surface area contributed by atoms with E-state index < -0.39 is 10.2 Å². The predicted octanol–water partition coefficient (Wildman–Crippen LogP) is -0.432. The zero-order valence-electron chi connectivity index (χ0n) is 11.6. The van der Waals surface area contributed by atoms with Crippen LogP contribution in [0.15, 0.2) is 4.52 Å². The standard InChI is InChI=1S/C11H21N5O3S/c1-9-14-11(15-19-9)5-6-13-20(17,18)16-7-3-2-4-10(16)8-12/h10,13H,2-8,12H2,1H3. The van der Waals surface area contributed by atoms with Crippen molar-refractivity contribution in [1.82, 2.24) is 19.2 Å². The van der Waals surface area contributed by atoms with Crippen molar-refractivity contribution in [2.45, 2.75) is 38.6 Å². The van der Waals surface area contributed by atoms with E-state index in [4.69, 9.17) is 10.3 Å². The largest absolute Gasteiger partial charge is 0.340 e. The molecule has 0 spiro atoms. The van der Waals surface area contributed by atoms with Gasteiger partial charge in [-0.25, -0.2) is 4.72 Å². The van der Waals surface area contributed by atoms with Gasteiger partial charge in [0.15, 0.2) is 5.82 Å². The number of piperidine rings is 1. The van der Waals surface area contributed by atoms with Gasteiger partial charge in [0.2, 0.25) is 5.89 Å². The third-order valence-electron chi connectivity index (χ3n) is 3.36. The zero-order valence-corrected chi connectivity index (χ0v) is 12.4. The summed E-state index contributed by atoms with van der Waals surface area (Å²) in [6.45, 7) is 2.82. The summed E-state index contributed by atoms with van der Waals surface area (Å²) in [6.07, 6.45) is 3.12. The van der Waals surface area contributed by atoms with Crippen LogP contribution in [-0.4, -0.2) is 48.5 Å². The highest BCUT2D eigenvalue weighted by Crippen LogP contribution is 2.18. The molecule has 0 saturated carbocycles. The van der Waals surface area contributed by atoms with Crippen molar-refractivity contribution < 1.29 is 12.9 Å². The maximum Gasteiger partial charge on any atom is 0.279 e. The Morgan fingerprint density at radius 1 is 1.50 bits per heavy atom. The lowest BCUT2D eigenvalue weighted by Crippen LogP contribution is -2.51. The normalized spacial score (nSPS) is 21.2. The monoisotopic (exact) mass is 303 g/mol. The van der Waals surface area contributed by atoms with Crippen LogP contribution in [0.1, 0.15) is 31.0 Å². The fourth-order valence-corrected chi connectivity index (χ4v) is 3.82. The second-order valence-electron chi connectivity index (χ2n) is 4.88. The Balaban J connectivity index is 1.89. The van der Waals surface area contributed by atoms with Crippen molar-refractivity contribution in [3.8, 4) is 0 Å². The van der Waals surface area contributed by atoms with Crippen molar-refractivity contribution in [2.75, 3.05) is 19.6 Å². The average molecular weight is 303 g/mol. The number of aromatic nitrogens is 2. The van der Waals surface area contributed by atoms with Gasteiger partial charge in [0.25, 0.3) is 10.2 Å². The van der Waals surface area contributed by atoms with Crippen LogP contribution in [-0.2, 0) is 16.6 Å². The molecule has 1 saturated heterocycles. The number of hydrogen-bond acceptors (Lipinski definition) is 6. The van der Waals surface area contributed by atoms with E-state index in [2.05, 4.69) is 14.9 Å². The molecule has 0 aromatic carbocycles. The van der Waals surface area contributed by atoms with E-state index >= 15 is 0 Å². The van der Waals surface area contributed by atoms with E-state index in [-0.39, 0.29) is 12.6 Å². The Morgan fingerprint density at radius 3 is 2.95 bits per heavy atom. The third kappa shape index (κ3) is 3.75. The quantitative estimate of drug-likeness (QED) is 0.737. The summed E-state index contributed by atoms with van der Waals surface area (Å²) in [5, 5.41) is 3.72. The highest BCUT2D eigenvalue weighted by atomic mass is 32.2. The van der Waals surface area contributed by atoms with Crippen LogP contribution in [0.2, 0.25) is 0 Å². The first-order valence-corrected chi connectivity index (χ1v) is 8.22. The highest BCUT2D eigenvalue weighted by molar-refractivity contribution is 7.87. The van der Waals surface area contributed by atoms with Crippen molar-refractivity contribution in [2.24, 2.45) is 5.73 Å². The van der Waals surface area contributed by atoms with Crippen LogP contribution < -0.4 is 10.5 Å². The van der Waals surface area contributed by atoms with Gasteiger partial charge in [-0.2, -0.15) is 17.7 Å².